The first-order valence-electron chi connectivity index (χ1n) is 4.41. The first kappa shape index (κ1) is 8.83. The molecule has 0 bridgehead atoms. The number of carbonyl (C=O) groups excluding carboxylic acids is 1. The Morgan fingerprint density at radius 2 is 2.43 bits per heavy atom. The second kappa shape index (κ2) is 3.19. The Bertz CT molecular complexity index is 340. The molecule has 74 valence electrons. The summed E-state index contributed by atoms with van der Waals surface area (Å²) in [5.74, 6) is 0.259. The first-order chi connectivity index (χ1) is 6.74. The molecular weight excluding hydrogens is 184 g/mol. The minimum atomic E-state index is -0.328. The molecule has 1 heterocycles. The van der Waals surface area contributed by atoms with Gasteiger partial charge < -0.3 is 10.6 Å². The minimum absolute atomic E-state index is 0.175. The minimum Gasteiger partial charge on any atom is -0.385 e. The number of aliphatic imine (C=N–C) groups is 1. The van der Waals surface area contributed by atoms with Crippen LogP contribution < -0.4 is 5.73 Å². The van der Waals surface area contributed by atoms with E-state index in [9.17, 15) is 4.79 Å². The molecule has 0 spiro atoms. The summed E-state index contributed by atoms with van der Waals surface area (Å²) in [4.78, 5) is 19.3. The molecule has 1 saturated carbocycles. The molecule has 2 rings (SSSR count). The van der Waals surface area contributed by atoms with Crippen LogP contribution in [0, 0.1) is 0 Å². The van der Waals surface area contributed by atoms with Gasteiger partial charge in [-0.15, -0.1) is 0 Å². The molecule has 0 aromatic heterocycles. The van der Waals surface area contributed by atoms with Gasteiger partial charge in [-0.3, -0.25) is 0 Å². The number of azide groups is 1. The van der Waals surface area contributed by atoms with Crippen LogP contribution in [0.15, 0.2) is 10.1 Å². The third-order valence-corrected chi connectivity index (χ3v) is 2.38. The van der Waals surface area contributed by atoms with Crippen molar-refractivity contribution < 1.29 is 4.79 Å². The number of amides is 2. The zero-order chi connectivity index (χ0) is 10.1. The zero-order valence-electron chi connectivity index (χ0n) is 7.50. The lowest BCUT2D eigenvalue weighted by atomic mass is 10.2. The van der Waals surface area contributed by atoms with Crippen molar-refractivity contribution in [3.05, 3.63) is 10.4 Å². The predicted molar refractivity (Wildman–Crippen MR) is 49.7 cm³/mol. The number of hydrogen-bond acceptors (Lipinski definition) is 3. The van der Waals surface area contributed by atoms with Gasteiger partial charge >= 0.3 is 6.03 Å². The molecule has 1 unspecified atom stereocenters. The Labute approximate surface area is 80.2 Å². The number of nitrogens with two attached hydrogens (primary N) is 1. The van der Waals surface area contributed by atoms with Crippen molar-refractivity contribution in [3.63, 3.8) is 0 Å². The van der Waals surface area contributed by atoms with Gasteiger partial charge in [0.1, 0.15) is 5.84 Å². The highest BCUT2D eigenvalue weighted by Gasteiger charge is 2.42. The van der Waals surface area contributed by atoms with E-state index in [0.29, 0.717) is 0 Å². The summed E-state index contributed by atoms with van der Waals surface area (Å²) in [6.07, 6.45) is 1.97. The molecule has 0 saturated heterocycles. The highest BCUT2D eigenvalue weighted by molar-refractivity contribution is 6.03. The molecule has 1 atom stereocenters. The summed E-state index contributed by atoms with van der Waals surface area (Å²) in [7, 11) is 0. The van der Waals surface area contributed by atoms with Crippen molar-refractivity contribution in [3.8, 4) is 0 Å². The lowest BCUT2D eigenvalue weighted by molar-refractivity contribution is 0.204. The second-order valence-electron chi connectivity index (χ2n) is 3.39. The van der Waals surface area contributed by atoms with Crippen LogP contribution in [0.4, 0.5) is 4.79 Å². The SMILES string of the molecule is [N-]=[N+]=NCC1C(N)=NC(=O)N1C1CC1. The van der Waals surface area contributed by atoms with Crippen LogP contribution in [0.3, 0.4) is 0 Å². The zero-order valence-corrected chi connectivity index (χ0v) is 7.50. The smallest absolute Gasteiger partial charge is 0.346 e. The lowest BCUT2D eigenvalue weighted by Crippen LogP contribution is -2.43. The van der Waals surface area contributed by atoms with Gasteiger partial charge in [0.15, 0.2) is 0 Å². The number of urea groups is 1. The maximum absolute atomic E-state index is 11.4. The summed E-state index contributed by atoms with van der Waals surface area (Å²) in [6.45, 7) is 0.175. The molecule has 7 nitrogen and oxygen atoms in total. The fraction of sp³-hybridized carbons (Fsp3) is 0.714. The van der Waals surface area contributed by atoms with Gasteiger partial charge in [-0.2, -0.15) is 4.99 Å². The predicted octanol–water partition coefficient (Wildman–Crippen LogP) is 0.621. The number of hydrogen-bond donors (Lipinski definition) is 1. The first-order valence-corrected chi connectivity index (χ1v) is 4.41. The average Bonchev–Trinajstić information content (AvgIpc) is 2.91. The van der Waals surface area contributed by atoms with E-state index in [2.05, 4.69) is 15.0 Å². The van der Waals surface area contributed by atoms with Gasteiger partial charge in [0, 0.05) is 11.0 Å². The molecule has 2 amide bonds. The summed E-state index contributed by atoms with van der Waals surface area (Å²) >= 11 is 0. The molecule has 0 aromatic rings. The van der Waals surface area contributed by atoms with E-state index >= 15 is 0 Å². The molecule has 1 aliphatic carbocycles. The monoisotopic (exact) mass is 194 g/mol. The lowest BCUT2D eigenvalue weighted by Gasteiger charge is -2.21. The Kier molecular flexibility index (Phi) is 2.01. The number of rotatable bonds is 3. The fourth-order valence-corrected chi connectivity index (χ4v) is 1.58. The standard InChI is InChI=1S/C7H10N6O/c8-6-5(3-10-12-9)13(4-1-2-4)7(14)11-6/h4-5H,1-3H2,(H2,8,11,14). The maximum Gasteiger partial charge on any atom is 0.346 e. The van der Waals surface area contributed by atoms with Gasteiger partial charge in [-0.05, 0) is 18.4 Å². The summed E-state index contributed by atoms with van der Waals surface area (Å²) in [5.41, 5.74) is 13.8. The van der Waals surface area contributed by atoms with E-state index in [1.165, 1.54) is 0 Å². The molecule has 14 heavy (non-hydrogen) atoms. The molecule has 2 N–H and O–H groups in total. The van der Waals surface area contributed by atoms with Crippen molar-refractivity contribution >= 4 is 11.9 Å². The highest BCUT2D eigenvalue weighted by Crippen LogP contribution is 2.31. The van der Waals surface area contributed by atoms with Crippen LogP contribution in [0.5, 0.6) is 0 Å². The van der Waals surface area contributed by atoms with E-state index in [-0.39, 0.29) is 30.5 Å². The largest absolute Gasteiger partial charge is 0.385 e. The highest BCUT2D eigenvalue weighted by atomic mass is 16.2. The van der Waals surface area contributed by atoms with Crippen LogP contribution >= 0.6 is 0 Å². The van der Waals surface area contributed by atoms with E-state index in [0.717, 1.165) is 12.8 Å². The van der Waals surface area contributed by atoms with Gasteiger partial charge in [0.05, 0.1) is 12.6 Å². The van der Waals surface area contributed by atoms with E-state index in [1.54, 1.807) is 4.90 Å². The Morgan fingerprint density at radius 3 is 3.00 bits per heavy atom. The van der Waals surface area contributed by atoms with Gasteiger partial charge in [0.2, 0.25) is 0 Å². The molecule has 7 heteroatoms. The van der Waals surface area contributed by atoms with Crippen LogP contribution in [0.25, 0.3) is 10.4 Å². The van der Waals surface area contributed by atoms with E-state index < -0.39 is 0 Å². The van der Waals surface area contributed by atoms with Gasteiger partial charge in [-0.1, -0.05) is 5.11 Å². The fourth-order valence-electron chi connectivity index (χ4n) is 1.58. The average molecular weight is 194 g/mol. The van der Waals surface area contributed by atoms with Gasteiger partial charge in [-0.25, -0.2) is 4.79 Å². The van der Waals surface area contributed by atoms with Crippen molar-refractivity contribution in [1.82, 2.24) is 4.90 Å². The van der Waals surface area contributed by atoms with E-state index in [4.69, 9.17) is 11.3 Å². The number of amidine groups is 1. The van der Waals surface area contributed by atoms with E-state index in [1.807, 2.05) is 0 Å². The second-order valence-corrected chi connectivity index (χ2v) is 3.39. The number of nitrogens with zero attached hydrogens (tertiary/aromatic N) is 5. The molecule has 1 fully saturated rings. The molecule has 0 radical (unpaired) electrons. The van der Waals surface area contributed by atoms with Crippen LogP contribution in [0.1, 0.15) is 12.8 Å². The Hall–Kier alpha value is -1.75. The topological polar surface area (TPSA) is 107 Å². The van der Waals surface area contributed by atoms with Crippen LogP contribution in [-0.2, 0) is 0 Å². The quantitative estimate of drug-likeness (QED) is 0.403. The molecule has 1 aliphatic heterocycles. The van der Waals surface area contributed by atoms with Gasteiger partial charge in [0.25, 0.3) is 0 Å². The summed E-state index contributed by atoms with van der Waals surface area (Å²) in [6, 6.07) is -0.389. The Morgan fingerprint density at radius 1 is 1.71 bits per heavy atom. The van der Waals surface area contributed by atoms with Crippen LogP contribution in [-0.4, -0.2) is 35.4 Å². The number of carbonyl (C=O) groups is 1. The third kappa shape index (κ3) is 1.38. The third-order valence-electron chi connectivity index (χ3n) is 2.38. The Balaban J connectivity index is 2.13. The van der Waals surface area contributed by atoms with Crippen molar-refractivity contribution in [2.75, 3.05) is 6.54 Å². The molecular formula is C7H10N6O. The maximum atomic E-state index is 11.4. The molecule has 0 aromatic carbocycles. The van der Waals surface area contributed by atoms with Crippen molar-refractivity contribution in [2.24, 2.45) is 15.8 Å². The normalized spacial score (nSPS) is 26.0. The van der Waals surface area contributed by atoms with Crippen LogP contribution in [0.2, 0.25) is 0 Å². The van der Waals surface area contributed by atoms with Crippen molar-refractivity contribution in [2.45, 2.75) is 24.9 Å². The summed E-state index contributed by atoms with van der Waals surface area (Å²) < 4.78 is 0. The molecule has 2 aliphatic rings. The summed E-state index contributed by atoms with van der Waals surface area (Å²) in [5, 5.41) is 3.42. The van der Waals surface area contributed by atoms with Crippen molar-refractivity contribution in [1.29, 1.82) is 0 Å².